The van der Waals surface area contributed by atoms with Crippen molar-refractivity contribution in [3.05, 3.63) is 24.2 Å². The van der Waals surface area contributed by atoms with Gasteiger partial charge in [-0.15, -0.1) is 24.0 Å². The van der Waals surface area contributed by atoms with Gasteiger partial charge in [0.15, 0.2) is 5.96 Å². The van der Waals surface area contributed by atoms with E-state index in [2.05, 4.69) is 52.3 Å². The predicted octanol–water partition coefficient (Wildman–Crippen LogP) is 2.86. The van der Waals surface area contributed by atoms with Crippen molar-refractivity contribution < 1.29 is 4.42 Å². The Balaban J connectivity index is 0.00000341. The number of nitrogens with zero attached hydrogens (tertiary/aromatic N) is 4. The zero-order chi connectivity index (χ0) is 21.2. The number of halogens is 1. The lowest BCUT2D eigenvalue weighted by Gasteiger charge is -2.34. The first-order valence-electron chi connectivity index (χ1n) is 11.9. The van der Waals surface area contributed by atoms with Gasteiger partial charge in [-0.25, -0.2) is 0 Å². The fraction of sp³-hybridized carbons (Fsp3) is 0.783. The molecular formula is C23H43IN6O. The van der Waals surface area contributed by atoms with Gasteiger partial charge in [-0.2, -0.15) is 0 Å². The van der Waals surface area contributed by atoms with Crippen LogP contribution in [0.4, 0.5) is 0 Å². The fourth-order valence-corrected chi connectivity index (χ4v) is 4.43. The maximum Gasteiger partial charge on any atom is 0.191 e. The molecule has 0 bridgehead atoms. The number of guanidine groups is 1. The van der Waals surface area contributed by atoms with E-state index in [1.54, 1.807) is 6.26 Å². The van der Waals surface area contributed by atoms with Crippen LogP contribution in [0, 0.1) is 5.92 Å². The summed E-state index contributed by atoms with van der Waals surface area (Å²) in [6, 6.07) is 4.35. The van der Waals surface area contributed by atoms with Crippen LogP contribution in [-0.2, 0) is 0 Å². The number of piperazine rings is 1. The number of furan rings is 1. The Bertz CT molecular complexity index is 612. The Hall–Kier alpha value is -0.840. The molecule has 3 rings (SSSR count). The minimum absolute atomic E-state index is 0. The second-order valence-corrected chi connectivity index (χ2v) is 8.94. The molecule has 2 atom stereocenters. The number of piperidine rings is 1. The number of rotatable bonds is 9. The molecule has 7 nitrogen and oxygen atoms in total. The molecule has 3 heterocycles. The molecule has 2 aliphatic heterocycles. The van der Waals surface area contributed by atoms with E-state index in [0.29, 0.717) is 5.92 Å². The minimum Gasteiger partial charge on any atom is -0.468 e. The van der Waals surface area contributed by atoms with Gasteiger partial charge in [-0.05, 0) is 58.0 Å². The third kappa shape index (κ3) is 8.90. The third-order valence-corrected chi connectivity index (χ3v) is 6.24. The predicted molar refractivity (Wildman–Crippen MR) is 139 cm³/mol. The molecule has 2 fully saturated rings. The summed E-state index contributed by atoms with van der Waals surface area (Å²) in [5.41, 5.74) is 0. The maximum atomic E-state index is 5.78. The Morgan fingerprint density at radius 2 is 1.84 bits per heavy atom. The summed E-state index contributed by atoms with van der Waals surface area (Å²) in [7, 11) is 2.21. The summed E-state index contributed by atoms with van der Waals surface area (Å²) in [6.07, 6.45) is 5.67. The molecule has 2 N–H and O–H groups in total. The zero-order valence-electron chi connectivity index (χ0n) is 19.7. The van der Waals surface area contributed by atoms with E-state index in [-0.39, 0.29) is 30.0 Å². The highest BCUT2D eigenvalue weighted by Crippen LogP contribution is 2.24. The van der Waals surface area contributed by atoms with Crippen LogP contribution >= 0.6 is 24.0 Å². The molecule has 0 aromatic carbocycles. The normalized spacial score (nSPS) is 21.3. The van der Waals surface area contributed by atoms with Gasteiger partial charge in [0.05, 0.1) is 12.3 Å². The van der Waals surface area contributed by atoms with Crippen LogP contribution < -0.4 is 10.6 Å². The second-order valence-electron chi connectivity index (χ2n) is 8.94. The molecule has 2 saturated heterocycles. The van der Waals surface area contributed by atoms with E-state index in [1.807, 2.05) is 6.07 Å². The highest BCUT2D eigenvalue weighted by Gasteiger charge is 2.24. The van der Waals surface area contributed by atoms with Gasteiger partial charge in [0, 0.05) is 52.4 Å². The topological polar surface area (TPSA) is 59.3 Å². The van der Waals surface area contributed by atoms with Crippen molar-refractivity contribution in [3.8, 4) is 0 Å². The average molecular weight is 547 g/mol. The van der Waals surface area contributed by atoms with Crippen LogP contribution in [0.1, 0.15) is 44.9 Å². The van der Waals surface area contributed by atoms with E-state index in [9.17, 15) is 0 Å². The summed E-state index contributed by atoms with van der Waals surface area (Å²) < 4.78 is 5.78. The van der Waals surface area contributed by atoms with Crippen LogP contribution in [0.3, 0.4) is 0 Å². The molecule has 0 aliphatic carbocycles. The van der Waals surface area contributed by atoms with Gasteiger partial charge in [0.1, 0.15) is 5.76 Å². The first kappa shape index (κ1) is 26.4. The van der Waals surface area contributed by atoms with Crippen LogP contribution in [0.2, 0.25) is 0 Å². The zero-order valence-corrected chi connectivity index (χ0v) is 22.0. The van der Waals surface area contributed by atoms with Crippen molar-refractivity contribution in [1.29, 1.82) is 0 Å². The van der Waals surface area contributed by atoms with Crippen molar-refractivity contribution in [3.63, 3.8) is 0 Å². The van der Waals surface area contributed by atoms with E-state index >= 15 is 0 Å². The first-order valence-corrected chi connectivity index (χ1v) is 11.9. The first-order chi connectivity index (χ1) is 14.7. The summed E-state index contributed by atoms with van der Waals surface area (Å²) >= 11 is 0. The van der Waals surface area contributed by atoms with Crippen LogP contribution in [0.5, 0.6) is 0 Å². The number of hydrogen-bond donors (Lipinski definition) is 2. The van der Waals surface area contributed by atoms with Crippen molar-refractivity contribution in [1.82, 2.24) is 25.3 Å². The van der Waals surface area contributed by atoms with E-state index in [1.165, 1.54) is 45.4 Å². The molecule has 31 heavy (non-hydrogen) atoms. The fourth-order valence-electron chi connectivity index (χ4n) is 4.43. The molecule has 8 heteroatoms. The maximum absolute atomic E-state index is 5.78. The highest BCUT2D eigenvalue weighted by atomic mass is 127. The summed E-state index contributed by atoms with van der Waals surface area (Å²) in [6.45, 7) is 15.1. The minimum atomic E-state index is 0. The lowest BCUT2D eigenvalue weighted by atomic mass is 10.1. The van der Waals surface area contributed by atoms with E-state index in [4.69, 9.17) is 9.41 Å². The molecule has 1 aromatic heterocycles. The van der Waals surface area contributed by atoms with Gasteiger partial charge < -0.3 is 24.9 Å². The molecule has 1 aromatic rings. The summed E-state index contributed by atoms with van der Waals surface area (Å²) in [5.74, 6) is 2.51. The number of likely N-dealkylation sites (N-methyl/N-ethyl adjacent to an activating group) is 1. The number of hydrogen-bond acceptors (Lipinski definition) is 5. The second kappa shape index (κ2) is 14.3. The molecule has 2 unspecified atom stereocenters. The molecular weight excluding hydrogens is 503 g/mol. The van der Waals surface area contributed by atoms with E-state index in [0.717, 1.165) is 51.0 Å². The third-order valence-electron chi connectivity index (χ3n) is 6.24. The average Bonchev–Trinajstić information content (AvgIpc) is 3.29. The summed E-state index contributed by atoms with van der Waals surface area (Å²) in [5, 5.41) is 7.01. The Kier molecular flexibility index (Phi) is 12.2. The Labute approximate surface area is 206 Å². The molecule has 178 valence electrons. The Morgan fingerprint density at radius 3 is 2.48 bits per heavy atom. The van der Waals surface area contributed by atoms with Crippen LogP contribution in [0.15, 0.2) is 27.8 Å². The van der Waals surface area contributed by atoms with Crippen LogP contribution in [0.25, 0.3) is 0 Å². The van der Waals surface area contributed by atoms with Gasteiger partial charge in [0.25, 0.3) is 0 Å². The number of nitrogens with one attached hydrogen (secondary N) is 2. The quantitative estimate of drug-likeness (QED) is 0.282. The van der Waals surface area contributed by atoms with E-state index < -0.39 is 0 Å². The molecule has 0 saturated carbocycles. The highest BCUT2D eigenvalue weighted by molar-refractivity contribution is 14.0. The smallest absolute Gasteiger partial charge is 0.191 e. The molecule has 0 radical (unpaired) electrons. The van der Waals surface area contributed by atoms with Crippen molar-refractivity contribution in [2.75, 3.05) is 72.5 Å². The Morgan fingerprint density at radius 1 is 1.10 bits per heavy atom. The van der Waals surface area contributed by atoms with Gasteiger partial charge in [-0.3, -0.25) is 9.89 Å². The van der Waals surface area contributed by atoms with Crippen molar-refractivity contribution in [2.45, 2.75) is 39.2 Å². The lowest BCUT2D eigenvalue weighted by Crippen LogP contribution is -2.46. The van der Waals surface area contributed by atoms with Crippen molar-refractivity contribution in [2.24, 2.45) is 10.9 Å². The molecule has 0 amide bonds. The van der Waals surface area contributed by atoms with Crippen molar-refractivity contribution >= 4 is 29.9 Å². The van der Waals surface area contributed by atoms with Crippen LogP contribution in [-0.4, -0.2) is 93.2 Å². The SMILES string of the molecule is CCNC(=NCC(C)CN1CCN(C)CC1)NCC(c1ccco1)N1CCCCC1.I. The molecule has 0 spiro atoms. The number of aliphatic imine (C=N–C) groups is 1. The van der Waals surface area contributed by atoms with Gasteiger partial charge in [-0.1, -0.05) is 13.3 Å². The lowest BCUT2D eigenvalue weighted by molar-refractivity contribution is 0.140. The van der Waals surface area contributed by atoms with Gasteiger partial charge >= 0.3 is 0 Å². The standard InChI is InChI=1S/C23H42N6O.HI/c1-4-24-23(25-17-20(2)19-28-14-12-27(3)13-15-28)26-18-21(22-9-8-16-30-22)29-10-6-5-7-11-29;/h8-9,16,20-21H,4-7,10-15,17-19H2,1-3H3,(H2,24,25,26);1H. The monoisotopic (exact) mass is 546 g/mol. The van der Waals surface area contributed by atoms with Gasteiger partial charge in [0.2, 0.25) is 0 Å². The number of likely N-dealkylation sites (tertiary alicyclic amines) is 1. The summed E-state index contributed by atoms with van der Waals surface area (Å²) in [4.78, 5) is 12.4. The molecule has 2 aliphatic rings. The largest absolute Gasteiger partial charge is 0.468 e.